The summed E-state index contributed by atoms with van der Waals surface area (Å²) in [5.41, 5.74) is 1.74. The molecule has 0 spiro atoms. The third-order valence-electron chi connectivity index (χ3n) is 2.35. The van der Waals surface area contributed by atoms with Crippen molar-refractivity contribution in [2.24, 2.45) is 0 Å². The molecular formula is C11H13BO4. The van der Waals surface area contributed by atoms with Gasteiger partial charge in [0.25, 0.3) is 0 Å². The van der Waals surface area contributed by atoms with Crippen LogP contribution in [0.5, 0.6) is 5.75 Å². The van der Waals surface area contributed by atoms with Gasteiger partial charge in [0.15, 0.2) is 6.79 Å². The monoisotopic (exact) mass is 220 g/mol. The van der Waals surface area contributed by atoms with Gasteiger partial charge in [-0.15, -0.1) is 0 Å². The quantitative estimate of drug-likeness (QED) is 0.609. The van der Waals surface area contributed by atoms with Crippen molar-refractivity contribution in [1.29, 1.82) is 0 Å². The molecule has 5 heteroatoms. The van der Waals surface area contributed by atoms with Crippen LogP contribution in [0.3, 0.4) is 0 Å². The van der Waals surface area contributed by atoms with Crippen LogP contribution in [0.25, 0.3) is 5.47 Å². The topological polar surface area (TPSA) is 47.9 Å². The predicted molar refractivity (Wildman–Crippen MR) is 60.8 cm³/mol. The number of rotatable bonds is 4. The molecular weight excluding hydrogens is 207 g/mol. The van der Waals surface area contributed by atoms with Crippen LogP contribution in [0.4, 0.5) is 0 Å². The number of ether oxygens (including phenoxy) is 2. The molecule has 84 valence electrons. The molecule has 1 heterocycles. The Morgan fingerprint density at radius 1 is 1.38 bits per heavy atom. The molecule has 0 fully saturated rings. The van der Waals surface area contributed by atoms with E-state index in [2.05, 4.69) is 0 Å². The lowest BCUT2D eigenvalue weighted by Crippen LogP contribution is -2.14. The highest BCUT2D eigenvalue weighted by Gasteiger charge is 2.25. The highest BCUT2D eigenvalue weighted by atomic mass is 16.7. The first-order chi connectivity index (χ1) is 7.81. The number of hydrogen-bond acceptors (Lipinski definition) is 4. The van der Waals surface area contributed by atoms with Crippen LogP contribution in [0.15, 0.2) is 30.3 Å². The van der Waals surface area contributed by atoms with Gasteiger partial charge in [-0.2, -0.15) is 0 Å². The van der Waals surface area contributed by atoms with Gasteiger partial charge in [0.05, 0.1) is 6.61 Å². The van der Waals surface area contributed by atoms with Gasteiger partial charge in [-0.1, -0.05) is 18.2 Å². The third-order valence-corrected chi connectivity index (χ3v) is 2.35. The van der Waals surface area contributed by atoms with Gasteiger partial charge in [0, 0.05) is 7.11 Å². The fourth-order valence-electron chi connectivity index (χ4n) is 1.55. The van der Waals surface area contributed by atoms with E-state index in [0.29, 0.717) is 6.61 Å². The first kappa shape index (κ1) is 11.2. The van der Waals surface area contributed by atoms with E-state index in [0.717, 1.165) is 16.8 Å². The minimum Gasteiger partial charge on any atom is -0.468 e. The molecule has 4 nitrogen and oxygen atoms in total. The number of benzene rings is 1. The van der Waals surface area contributed by atoms with Crippen LogP contribution < -0.4 is 4.74 Å². The summed E-state index contributed by atoms with van der Waals surface area (Å²) in [6.07, 6.45) is 1.87. The van der Waals surface area contributed by atoms with Gasteiger partial charge in [-0.05, 0) is 23.2 Å². The maximum absolute atomic E-state index is 9.51. The van der Waals surface area contributed by atoms with Crippen LogP contribution in [-0.2, 0) is 9.39 Å². The SMILES string of the molecule is COCOc1ccc(C2=CCOB2O)cc1. The Balaban J connectivity index is 2.07. The van der Waals surface area contributed by atoms with Crippen molar-refractivity contribution in [2.45, 2.75) is 0 Å². The maximum Gasteiger partial charge on any atom is 0.491 e. The molecule has 1 aromatic rings. The Morgan fingerprint density at radius 3 is 2.69 bits per heavy atom. The van der Waals surface area contributed by atoms with Crippen LogP contribution in [-0.4, -0.2) is 32.7 Å². The normalized spacial score (nSPS) is 15.1. The minimum absolute atomic E-state index is 0.230. The summed E-state index contributed by atoms with van der Waals surface area (Å²) < 4.78 is 15.1. The molecule has 0 aromatic heterocycles. The Labute approximate surface area is 94.6 Å². The van der Waals surface area contributed by atoms with E-state index in [1.165, 1.54) is 0 Å². The second-order valence-corrected chi connectivity index (χ2v) is 3.42. The van der Waals surface area contributed by atoms with Crippen molar-refractivity contribution < 1.29 is 19.2 Å². The molecule has 2 rings (SSSR count). The van der Waals surface area contributed by atoms with Gasteiger partial charge < -0.3 is 19.2 Å². The summed E-state index contributed by atoms with van der Waals surface area (Å²) in [7, 11) is 0.761. The molecule has 1 aliphatic rings. The Kier molecular flexibility index (Phi) is 3.61. The van der Waals surface area contributed by atoms with E-state index in [-0.39, 0.29) is 6.79 Å². The molecule has 0 saturated carbocycles. The number of hydrogen-bond donors (Lipinski definition) is 1. The third kappa shape index (κ3) is 2.44. The van der Waals surface area contributed by atoms with Gasteiger partial charge in [0.2, 0.25) is 0 Å². The second-order valence-electron chi connectivity index (χ2n) is 3.42. The first-order valence-electron chi connectivity index (χ1n) is 5.03. The highest BCUT2D eigenvalue weighted by molar-refractivity contribution is 6.67. The van der Waals surface area contributed by atoms with Crippen molar-refractivity contribution in [3.8, 4) is 5.75 Å². The molecule has 16 heavy (non-hydrogen) atoms. The van der Waals surface area contributed by atoms with E-state index in [4.69, 9.17) is 14.1 Å². The molecule has 0 atom stereocenters. The smallest absolute Gasteiger partial charge is 0.468 e. The Hall–Kier alpha value is -1.30. The Morgan fingerprint density at radius 2 is 2.12 bits per heavy atom. The average Bonchev–Trinajstić information content (AvgIpc) is 2.74. The zero-order chi connectivity index (χ0) is 11.4. The van der Waals surface area contributed by atoms with Crippen LogP contribution in [0.2, 0.25) is 0 Å². The minimum atomic E-state index is -0.814. The van der Waals surface area contributed by atoms with Crippen LogP contribution in [0.1, 0.15) is 5.56 Å². The number of methoxy groups -OCH3 is 1. The summed E-state index contributed by atoms with van der Waals surface area (Å²) in [4.78, 5) is 0. The molecule has 0 amide bonds. The van der Waals surface area contributed by atoms with Gasteiger partial charge in [0.1, 0.15) is 5.75 Å². The van der Waals surface area contributed by atoms with Crippen molar-refractivity contribution in [3.05, 3.63) is 35.9 Å². The van der Waals surface area contributed by atoms with Crippen molar-refractivity contribution in [3.63, 3.8) is 0 Å². The summed E-state index contributed by atoms with van der Waals surface area (Å²) in [5, 5.41) is 9.51. The maximum atomic E-state index is 9.51. The van der Waals surface area contributed by atoms with E-state index in [1.807, 2.05) is 30.3 Å². The predicted octanol–water partition coefficient (Wildman–Crippen LogP) is 1.10. The largest absolute Gasteiger partial charge is 0.491 e. The van der Waals surface area contributed by atoms with Crippen molar-refractivity contribution in [2.75, 3.05) is 20.5 Å². The fourth-order valence-corrected chi connectivity index (χ4v) is 1.55. The summed E-state index contributed by atoms with van der Waals surface area (Å²) in [5.74, 6) is 0.736. The molecule has 0 aliphatic carbocycles. The second kappa shape index (κ2) is 5.16. The van der Waals surface area contributed by atoms with Crippen LogP contribution >= 0.6 is 0 Å². The summed E-state index contributed by atoms with van der Waals surface area (Å²) >= 11 is 0. The van der Waals surface area contributed by atoms with Crippen molar-refractivity contribution >= 4 is 12.6 Å². The first-order valence-corrected chi connectivity index (χ1v) is 5.03. The zero-order valence-electron chi connectivity index (χ0n) is 9.05. The lowest BCUT2D eigenvalue weighted by Gasteiger charge is -2.07. The van der Waals surface area contributed by atoms with Crippen LogP contribution in [0, 0.1) is 0 Å². The molecule has 1 aliphatic heterocycles. The standard InChI is InChI=1S/C11H13BO4/c1-14-8-15-10-4-2-9(3-5-10)11-6-7-16-12(11)13/h2-6,13H,7-8H2,1H3. The van der Waals surface area contributed by atoms with E-state index >= 15 is 0 Å². The average molecular weight is 220 g/mol. The molecule has 0 saturated heterocycles. The molecule has 0 radical (unpaired) electrons. The summed E-state index contributed by atoms with van der Waals surface area (Å²) in [6.45, 7) is 0.687. The molecule has 0 bridgehead atoms. The lowest BCUT2D eigenvalue weighted by molar-refractivity contribution is 0.0511. The van der Waals surface area contributed by atoms with Gasteiger partial charge >= 0.3 is 7.12 Å². The van der Waals surface area contributed by atoms with E-state index in [9.17, 15) is 5.02 Å². The van der Waals surface area contributed by atoms with Gasteiger partial charge in [-0.25, -0.2) is 0 Å². The molecule has 1 aromatic carbocycles. The van der Waals surface area contributed by atoms with Crippen molar-refractivity contribution in [1.82, 2.24) is 0 Å². The van der Waals surface area contributed by atoms with E-state index < -0.39 is 7.12 Å². The fraction of sp³-hybridized carbons (Fsp3) is 0.273. The zero-order valence-corrected chi connectivity index (χ0v) is 9.05. The Bertz CT molecular complexity index is 374. The summed E-state index contributed by atoms with van der Waals surface area (Å²) in [6, 6.07) is 7.43. The van der Waals surface area contributed by atoms with Gasteiger partial charge in [-0.3, -0.25) is 0 Å². The molecule has 1 N–H and O–H groups in total. The van der Waals surface area contributed by atoms with E-state index in [1.54, 1.807) is 7.11 Å². The lowest BCUT2D eigenvalue weighted by atomic mass is 9.76. The molecule has 0 unspecified atom stereocenters. The highest BCUT2D eigenvalue weighted by Crippen LogP contribution is 2.23.